The Morgan fingerprint density at radius 2 is 1.31 bits per heavy atom. The number of H-pyrrole nitrogens is 1. The molecule has 0 unspecified atom stereocenters. The summed E-state index contributed by atoms with van der Waals surface area (Å²) in [5, 5.41) is 0. The molecule has 0 aromatic carbocycles. The van der Waals surface area contributed by atoms with E-state index in [0.717, 1.165) is 5.56 Å². The first-order valence-corrected chi connectivity index (χ1v) is 7.34. The van der Waals surface area contributed by atoms with E-state index in [-0.39, 0.29) is 5.56 Å². The van der Waals surface area contributed by atoms with E-state index < -0.39 is 24.4 Å². The number of aromatic nitrogens is 1. The maximum absolute atomic E-state index is 11.4. The van der Waals surface area contributed by atoms with Gasteiger partial charge in [0.15, 0.2) is 0 Å². The molecule has 9 N–H and O–H groups in total. The van der Waals surface area contributed by atoms with Crippen molar-refractivity contribution >= 4 is 24.4 Å². The van der Waals surface area contributed by atoms with Gasteiger partial charge < -0.3 is 37.4 Å². The van der Waals surface area contributed by atoms with E-state index in [1.165, 1.54) is 25.7 Å². The highest BCUT2D eigenvalue weighted by atomic mass is 16.6. The summed E-state index contributed by atoms with van der Waals surface area (Å²) in [4.78, 5) is 52.1. The van der Waals surface area contributed by atoms with Crippen molar-refractivity contribution in [1.82, 2.24) is 4.98 Å². The maximum atomic E-state index is 11.4. The molecule has 4 amide bonds. The second kappa shape index (κ2) is 11.9. The molecule has 1 heterocycles. The lowest BCUT2D eigenvalue weighted by Crippen LogP contribution is -2.22. The Morgan fingerprint density at radius 1 is 0.885 bits per heavy atom. The Hall–Kier alpha value is -3.57. The summed E-state index contributed by atoms with van der Waals surface area (Å²) in [7, 11) is 0. The molecule has 0 radical (unpaired) electrons. The van der Waals surface area contributed by atoms with Gasteiger partial charge in [-0.15, -0.1) is 0 Å². The number of primary amides is 4. The normalized spacial score (nSPS) is 12.5. The number of rotatable bonds is 1. The zero-order valence-corrected chi connectivity index (χ0v) is 13.8. The van der Waals surface area contributed by atoms with E-state index in [9.17, 15) is 24.0 Å². The van der Waals surface area contributed by atoms with Gasteiger partial charge in [-0.05, 0) is 24.8 Å². The van der Waals surface area contributed by atoms with Gasteiger partial charge in [0.2, 0.25) is 0 Å². The van der Waals surface area contributed by atoms with Gasteiger partial charge in [0.25, 0.3) is 5.56 Å². The predicted octanol–water partition coefficient (Wildman–Crippen LogP) is 0.353. The van der Waals surface area contributed by atoms with Crippen LogP contribution in [0.2, 0.25) is 0 Å². The molecule has 26 heavy (non-hydrogen) atoms. The Bertz CT molecular complexity index is 632. The SMILES string of the molecule is NC(=O)OC(N)=O.NC(=O)OC(N)=O.O=c1[nH]cccc1C1CCCC1. The topological polar surface area (TPSA) is 224 Å². The fourth-order valence-corrected chi connectivity index (χ4v) is 2.19. The molecular formula is C14H21N5O7. The average Bonchev–Trinajstić information content (AvgIpc) is 3.00. The summed E-state index contributed by atoms with van der Waals surface area (Å²) in [6, 6.07) is 3.86. The summed E-state index contributed by atoms with van der Waals surface area (Å²) in [5.74, 6) is 0.523. The molecule has 1 aliphatic rings. The fourth-order valence-electron chi connectivity index (χ4n) is 2.19. The number of aromatic amines is 1. The monoisotopic (exact) mass is 371 g/mol. The highest BCUT2D eigenvalue weighted by molar-refractivity contribution is 5.81. The molecule has 144 valence electrons. The maximum Gasteiger partial charge on any atom is 0.413 e. The lowest BCUT2D eigenvalue weighted by atomic mass is 10.00. The van der Waals surface area contributed by atoms with E-state index in [2.05, 4.69) is 37.4 Å². The quantitative estimate of drug-likeness (QED) is 0.435. The number of hydrogen-bond acceptors (Lipinski definition) is 7. The van der Waals surface area contributed by atoms with Gasteiger partial charge in [0.1, 0.15) is 0 Å². The van der Waals surface area contributed by atoms with Gasteiger partial charge >= 0.3 is 24.4 Å². The van der Waals surface area contributed by atoms with Crippen LogP contribution in [0.1, 0.15) is 37.2 Å². The molecule has 0 bridgehead atoms. The van der Waals surface area contributed by atoms with Gasteiger partial charge in [-0.3, -0.25) is 4.79 Å². The minimum absolute atomic E-state index is 0.101. The zero-order valence-electron chi connectivity index (χ0n) is 13.8. The standard InChI is InChI=1S/C10H13NO.2C2H4N2O3/c12-10-9(6-3-7-11-10)8-4-1-2-5-8;2*3-1(5)7-2(4)6/h3,6-8H,1-2,4-5H2,(H,11,12);2*(H2,3,5)(H2,4,6). The van der Waals surface area contributed by atoms with E-state index >= 15 is 0 Å². The number of nitrogens with two attached hydrogens (primary N) is 4. The van der Waals surface area contributed by atoms with Crippen molar-refractivity contribution in [2.24, 2.45) is 22.9 Å². The van der Waals surface area contributed by atoms with Crippen molar-refractivity contribution in [3.8, 4) is 0 Å². The van der Waals surface area contributed by atoms with Crippen LogP contribution < -0.4 is 28.5 Å². The lowest BCUT2D eigenvalue weighted by molar-refractivity contribution is 0.162. The fraction of sp³-hybridized carbons (Fsp3) is 0.357. The molecule has 0 atom stereocenters. The van der Waals surface area contributed by atoms with Crippen molar-refractivity contribution in [2.45, 2.75) is 31.6 Å². The number of amides is 4. The molecule has 1 saturated carbocycles. The van der Waals surface area contributed by atoms with Crippen LogP contribution in [-0.4, -0.2) is 29.4 Å². The van der Waals surface area contributed by atoms with Crippen LogP contribution in [0, 0.1) is 0 Å². The highest BCUT2D eigenvalue weighted by Crippen LogP contribution is 2.31. The third-order valence-corrected chi connectivity index (χ3v) is 3.05. The number of carbonyl (C=O) groups excluding carboxylic acids is 4. The number of nitrogens with one attached hydrogen (secondary N) is 1. The number of carbonyl (C=O) groups is 4. The molecule has 12 heteroatoms. The molecule has 0 saturated heterocycles. The van der Waals surface area contributed by atoms with Gasteiger partial charge in [0, 0.05) is 11.8 Å². The average molecular weight is 371 g/mol. The van der Waals surface area contributed by atoms with Crippen LogP contribution in [-0.2, 0) is 9.47 Å². The van der Waals surface area contributed by atoms with E-state index in [0.29, 0.717) is 5.92 Å². The highest BCUT2D eigenvalue weighted by Gasteiger charge is 2.18. The van der Waals surface area contributed by atoms with Crippen LogP contribution in [0.25, 0.3) is 0 Å². The second-order valence-electron chi connectivity index (χ2n) is 4.92. The molecule has 0 spiro atoms. The van der Waals surface area contributed by atoms with Crippen molar-refractivity contribution in [3.05, 3.63) is 34.2 Å². The van der Waals surface area contributed by atoms with E-state index in [1.54, 1.807) is 6.20 Å². The second-order valence-corrected chi connectivity index (χ2v) is 4.92. The van der Waals surface area contributed by atoms with Crippen LogP contribution in [0.4, 0.5) is 19.2 Å². The summed E-state index contributed by atoms with van der Waals surface area (Å²) >= 11 is 0. The van der Waals surface area contributed by atoms with Gasteiger partial charge in [0.05, 0.1) is 0 Å². The third-order valence-electron chi connectivity index (χ3n) is 3.05. The number of ether oxygens (including phenoxy) is 2. The summed E-state index contributed by atoms with van der Waals surface area (Å²) in [6.07, 6.45) is 1.87. The summed E-state index contributed by atoms with van der Waals surface area (Å²) in [6.45, 7) is 0. The molecular weight excluding hydrogens is 350 g/mol. The van der Waals surface area contributed by atoms with Crippen LogP contribution in [0.15, 0.2) is 23.1 Å². The molecule has 0 aliphatic heterocycles. The molecule has 2 rings (SSSR count). The minimum Gasteiger partial charge on any atom is -0.360 e. The Morgan fingerprint density at radius 3 is 1.62 bits per heavy atom. The van der Waals surface area contributed by atoms with Gasteiger partial charge in [-0.1, -0.05) is 18.9 Å². The van der Waals surface area contributed by atoms with Gasteiger partial charge in [-0.2, -0.15) is 0 Å². The molecule has 1 aliphatic carbocycles. The van der Waals surface area contributed by atoms with Crippen LogP contribution in [0.3, 0.4) is 0 Å². The first kappa shape index (κ1) is 22.4. The Labute approximate surface area is 147 Å². The molecule has 12 nitrogen and oxygen atoms in total. The van der Waals surface area contributed by atoms with Crippen molar-refractivity contribution in [1.29, 1.82) is 0 Å². The summed E-state index contributed by atoms with van der Waals surface area (Å²) < 4.78 is 7.06. The summed E-state index contributed by atoms with van der Waals surface area (Å²) in [5.41, 5.74) is 18.4. The van der Waals surface area contributed by atoms with E-state index in [4.69, 9.17) is 0 Å². The number of pyridine rings is 1. The minimum atomic E-state index is -1.19. The molecule has 1 aromatic rings. The Balaban J connectivity index is 0.000000390. The number of hydrogen-bond donors (Lipinski definition) is 5. The van der Waals surface area contributed by atoms with Gasteiger partial charge in [-0.25, -0.2) is 19.2 Å². The van der Waals surface area contributed by atoms with Crippen molar-refractivity contribution in [2.75, 3.05) is 0 Å². The van der Waals surface area contributed by atoms with Crippen molar-refractivity contribution in [3.63, 3.8) is 0 Å². The lowest BCUT2D eigenvalue weighted by Gasteiger charge is -2.06. The first-order valence-electron chi connectivity index (χ1n) is 7.34. The van der Waals surface area contributed by atoms with Crippen molar-refractivity contribution < 1.29 is 28.7 Å². The smallest absolute Gasteiger partial charge is 0.360 e. The first-order chi connectivity index (χ1) is 12.1. The van der Waals surface area contributed by atoms with Crippen LogP contribution >= 0.6 is 0 Å². The van der Waals surface area contributed by atoms with E-state index in [1.807, 2.05) is 12.1 Å². The Kier molecular flexibility index (Phi) is 10.3. The molecule has 1 aromatic heterocycles. The van der Waals surface area contributed by atoms with Crippen LogP contribution in [0.5, 0.6) is 0 Å². The largest absolute Gasteiger partial charge is 0.413 e. The predicted molar refractivity (Wildman–Crippen MR) is 88.8 cm³/mol. The molecule has 1 fully saturated rings. The zero-order chi connectivity index (χ0) is 20.1. The third kappa shape index (κ3) is 11.0.